The number of primary amides is 1. The molecule has 24 heavy (non-hydrogen) atoms. The molecule has 1 saturated heterocycles. The number of carbonyl (C=O) groups is 1. The summed E-state index contributed by atoms with van der Waals surface area (Å²) >= 11 is 3.18. The van der Waals surface area contributed by atoms with Crippen LogP contribution in [0.2, 0.25) is 0 Å². The van der Waals surface area contributed by atoms with Crippen molar-refractivity contribution in [1.82, 2.24) is 4.31 Å². The van der Waals surface area contributed by atoms with Crippen molar-refractivity contribution in [3.63, 3.8) is 0 Å². The normalized spacial score (nSPS) is 17.8. The Morgan fingerprint density at radius 3 is 2.33 bits per heavy atom. The molecule has 134 valence electrons. The molecule has 0 bridgehead atoms. The van der Waals surface area contributed by atoms with Crippen molar-refractivity contribution in [2.45, 2.75) is 29.1 Å². The lowest BCUT2D eigenvalue weighted by Crippen LogP contribution is -2.39. The Kier molecular flexibility index (Phi) is 5.73. The molecular weight excluding hydrogens is 420 g/mol. The molecule has 1 aliphatic heterocycles. The van der Waals surface area contributed by atoms with Gasteiger partial charge in [0, 0.05) is 30.2 Å². The standard InChI is InChI=1S/C14H19BrN2O5S2/c1-23(19,20)11-2-3-12(15)13(9-11)24(21,22)17-6-4-10(5-7-17)8-14(16)18/h2-3,9-10H,4-8H2,1H3,(H2,16,18). The Bertz CT molecular complexity index is 844. The van der Waals surface area contributed by atoms with Crippen LogP contribution in [0, 0.1) is 5.92 Å². The highest BCUT2D eigenvalue weighted by Gasteiger charge is 2.31. The first-order valence-electron chi connectivity index (χ1n) is 7.30. The van der Waals surface area contributed by atoms with Gasteiger partial charge in [-0.05, 0) is 52.9 Å². The number of sulfonamides is 1. The number of hydrogen-bond donors (Lipinski definition) is 1. The molecule has 1 aromatic rings. The van der Waals surface area contributed by atoms with Crippen LogP contribution in [0.3, 0.4) is 0 Å². The minimum atomic E-state index is -3.82. The summed E-state index contributed by atoms with van der Waals surface area (Å²) in [7, 11) is -7.33. The molecule has 1 aromatic carbocycles. The maximum atomic E-state index is 12.8. The average Bonchev–Trinajstić information content (AvgIpc) is 2.46. The van der Waals surface area contributed by atoms with Crippen molar-refractivity contribution in [3.05, 3.63) is 22.7 Å². The highest BCUT2D eigenvalue weighted by atomic mass is 79.9. The molecule has 2 N–H and O–H groups in total. The van der Waals surface area contributed by atoms with Crippen molar-refractivity contribution >= 4 is 41.7 Å². The van der Waals surface area contributed by atoms with Crippen LogP contribution < -0.4 is 5.73 Å². The zero-order chi connectivity index (χ0) is 18.1. The SMILES string of the molecule is CS(=O)(=O)c1ccc(Br)c(S(=O)(=O)N2CCC(CC(N)=O)CC2)c1. The second-order valence-electron chi connectivity index (χ2n) is 5.88. The van der Waals surface area contributed by atoms with Crippen molar-refractivity contribution < 1.29 is 21.6 Å². The highest BCUT2D eigenvalue weighted by molar-refractivity contribution is 9.10. The van der Waals surface area contributed by atoms with Crippen molar-refractivity contribution in [2.75, 3.05) is 19.3 Å². The van der Waals surface area contributed by atoms with Gasteiger partial charge in [-0.25, -0.2) is 16.8 Å². The fourth-order valence-corrected chi connectivity index (χ4v) is 5.83. The molecule has 0 saturated carbocycles. The number of nitrogens with two attached hydrogens (primary N) is 1. The molecule has 10 heteroatoms. The van der Waals surface area contributed by atoms with E-state index in [0.29, 0.717) is 17.3 Å². The molecule has 1 fully saturated rings. The van der Waals surface area contributed by atoms with Crippen LogP contribution in [0.4, 0.5) is 0 Å². The zero-order valence-corrected chi connectivity index (χ0v) is 16.3. The smallest absolute Gasteiger partial charge is 0.244 e. The van der Waals surface area contributed by atoms with E-state index in [1.54, 1.807) is 0 Å². The minimum absolute atomic E-state index is 0.0483. The second kappa shape index (κ2) is 7.11. The number of halogens is 1. The lowest BCUT2D eigenvalue weighted by atomic mass is 9.94. The predicted octanol–water partition coefficient (Wildman–Crippen LogP) is 1.13. The van der Waals surface area contributed by atoms with E-state index in [1.807, 2.05) is 0 Å². The Morgan fingerprint density at radius 1 is 1.25 bits per heavy atom. The first kappa shape index (κ1) is 19.4. The van der Waals surface area contributed by atoms with Crippen molar-refractivity contribution in [1.29, 1.82) is 0 Å². The predicted molar refractivity (Wildman–Crippen MR) is 92.5 cm³/mol. The molecule has 0 atom stereocenters. The Balaban J connectivity index is 2.27. The fraction of sp³-hybridized carbons (Fsp3) is 0.500. The average molecular weight is 439 g/mol. The summed E-state index contributed by atoms with van der Waals surface area (Å²) < 4.78 is 50.6. The van der Waals surface area contributed by atoms with Gasteiger partial charge in [0.25, 0.3) is 0 Å². The summed E-state index contributed by atoms with van der Waals surface area (Å²) in [6.45, 7) is 0.547. The van der Waals surface area contributed by atoms with Crippen LogP contribution in [-0.4, -0.2) is 46.4 Å². The van der Waals surface area contributed by atoms with Crippen LogP contribution in [0.15, 0.2) is 32.5 Å². The van der Waals surface area contributed by atoms with Gasteiger partial charge in [-0.3, -0.25) is 4.79 Å². The Labute approximate surface area is 150 Å². The lowest BCUT2D eigenvalue weighted by molar-refractivity contribution is -0.119. The molecular formula is C14H19BrN2O5S2. The van der Waals surface area contributed by atoms with Gasteiger partial charge in [0.15, 0.2) is 9.84 Å². The van der Waals surface area contributed by atoms with Gasteiger partial charge in [0.2, 0.25) is 15.9 Å². The number of hydrogen-bond acceptors (Lipinski definition) is 5. The van der Waals surface area contributed by atoms with Gasteiger partial charge in [-0.2, -0.15) is 4.31 Å². The number of benzene rings is 1. The Morgan fingerprint density at radius 2 is 1.83 bits per heavy atom. The van der Waals surface area contributed by atoms with E-state index < -0.39 is 19.9 Å². The first-order chi connectivity index (χ1) is 11.0. The van der Waals surface area contributed by atoms with Crippen molar-refractivity contribution in [2.24, 2.45) is 11.7 Å². The van der Waals surface area contributed by atoms with Gasteiger partial charge in [0.05, 0.1) is 9.79 Å². The van der Waals surface area contributed by atoms with Crippen LogP contribution in [0.25, 0.3) is 0 Å². The molecule has 2 rings (SSSR count). The van der Waals surface area contributed by atoms with Gasteiger partial charge < -0.3 is 5.73 Å². The van der Waals surface area contributed by atoms with Crippen LogP contribution in [-0.2, 0) is 24.7 Å². The number of rotatable bonds is 5. The first-order valence-corrected chi connectivity index (χ1v) is 11.4. The molecule has 0 unspecified atom stereocenters. The molecule has 0 radical (unpaired) electrons. The van der Waals surface area contributed by atoms with E-state index >= 15 is 0 Å². The van der Waals surface area contributed by atoms with Gasteiger partial charge in [-0.1, -0.05) is 0 Å². The summed E-state index contributed by atoms with van der Waals surface area (Å²) in [6, 6.07) is 3.95. The molecule has 1 heterocycles. The maximum Gasteiger partial charge on any atom is 0.244 e. The van der Waals surface area contributed by atoms with Gasteiger partial charge >= 0.3 is 0 Å². The van der Waals surface area contributed by atoms with E-state index in [-0.39, 0.29) is 41.1 Å². The van der Waals surface area contributed by atoms with Gasteiger partial charge in [0.1, 0.15) is 0 Å². The molecule has 0 aliphatic carbocycles. The van der Waals surface area contributed by atoms with E-state index in [1.165, 1.54) is 22.5 Å². The summed E-state index contributed by atoms with van der Waals surface area (Å²) in [5.74, 6) is -0.306. The third-order valence-electron chi connectivity index (χ3n) is 4.01. The largest absolute Gasteiger partial charge is 0.370 e. The van der Waals surface area contributed by atoms with Crippen LogP contribution in [0.5, 0.6) is 0 Å². The third-order valence-corrected chi connectivity index (χ3v) is 8.01. The second-order valence-corrected chi connectivity index (χ2v) is 10.7. The topological polar surface area (TPSA) is 115 Å². The van der Waals surface area contributed by atoms with Crippen LogP contribution >= 0.6 is 15.9 Å². The maximum absolute atomic E-state index is 12.8. The molecule has 7 nitrogen and oxygen atoms in total. The summed E-state index contributed by atoms with van der Waals surface area (Å²) in [5.41, 5.74) is 5.18. The minimum Gasteiger partial charge on any atom is -0.370 e. The number of nitrogens with zero attached hydrogens (tertiary/aromatic N) is 1. The number of amides is 1. The fourth-order valence-electron chi connectivity index (χ4n) is 2.69. The summed E-state index contributed by atoms with van der Waals surface area (Å²) in [6.07, 6.45) is 2.38. The molecule has 0 spiro atoms. The van der Waals surface area contributed by atoms with Crippen LogP contribution in [0.1, 0.15) is 19.3 Å². The summed E-state index contributed by atoms with van der Waals surface area (Å²) in [4.78, 5) is 10.9. The van der Waals surface area contributed by atoms with E-state index in [9.17, 15) is 21.6 Å². The number of sulfone groups is 1. The third kappa shape index (κ3) is 4.35. The Hall–Kier alpha value is -0.970. The van der Waals surface area contributed by atoms with Gasteiger partial charge in [-0.15, -0.1) is 0 Å². The van der Waals surface area contributed by atoms with E-state index in [0.717, 1.165) is 6.26 Å². The highest BCUT2D eigenvalue weighted by Crippen LogP contribution is 2.31. The molecule has 1 amide bonds. The molecule has 0 aromatic heterocycles. The quantitative estimate of drug-likeness (QED) is 0.739. The monoisotopic (exact) mass is 438 g/mol. The van der Waals surface area contributed by atoms with E-state index in [4.69, 9.17) is 5.73 Å². The zero-order valence-electron chi connectivity index (χ0n) is 13.1. The molecule has 1 aliphatic rings. The lowest BCUT2D eigenvalue weighted by Gasteiger charge is -2.31. The number of piperidine rings is 1. The van der Waals surface area contributed by atoms with Crippen molar-refractivity contribution in [3.8, 4) is 0 Å². The summed E-state index contributed by atoms with van der Waals surface area (Å²) in [5, 5.41) is 0. The number of carbonyl (C=O) groups excluding carboxylic acids is 1. The van der Waals surface area contributed by atoms with E-state index in [2.05, 4.69) is 15.9 Å².